The second-order valence-electron chi connectivity index (χ2n) is 5.86. The average Bonchev–Trinajstić information content (AvgIpc) is 2.98. The molecule has 5 nitrogen and oxygen atoms in total. The third-order valence-corrected chi connectivity index (χ3v) is 4.75. The Morgan fingerprint density at radius 1 is 1.38 bits per heavy atom. The Bertz CT molecular complexity index is 553. The van der Waals surface area contributed by atoms with Gasteiger partial charge in [-0.1, -0.05) is 12.1 Å². The number of hydrogen-bond donors (Lipinski definition) is 2. The zero-order chi connectivity index (χ0) is 16.8. The van der Waals surface area contributed by atoms with Gasteiger partial charge in [-0.2, -0.15) is 11.8 Å². The Labute approximate surface area is 154 Å². The minimum atomic E-state index is -0.466. The standard InChI is InChI=1S/C17H25N3O2S.ClH/c1-12(19-17(22)15(18)9-11-23-2)13-5-7-14(8-6-13)20-10-3-4-16(20)21;/h5-8,12,15H,3-4,9-11,18H2,1-2H3,(H,19,22);1H/t12?,15-;/m0./s1. The van der Waals surface area contributed by atoms with E-state index in [9.17, 15) is 9.59 Å². The van der Waals surface area contributed by atoms with Crippen molar-refractivity contribution in [2.75, 3.05) is 23.5 Å². The van der Waals surface area contributed by atoms with Crippen LogP contribution >= 0.6 is 24.2 Å². The molecule has 0 aromatic heterocycles. The lowest BCUT2D eigenvalue weighted by molar-refractivity contribution is -0.123. The maximum Gasteiger partial charge on any atom is 0.237 e. The van der Waals surface area contributed by atoms with Gasteiger partial charge in [0.05, 0.1) is 12.1 Å². The first kappa shape index (κ1) is 20.8. The molecule has 1 heterocycles. The van der Waals surface area contributed by atoms with Crippen molar-refractivity contribution in [1.29, 1.82) is 0 Å². The topological polar surface area (TPSA) is 75.4 Å². The maximum absolute atomic E-state index is 12.1. The second kappa shape index (κ2) is 9.91. The second-order valence-corrected chi connectivity index (χ2v) is 6.84. The van der Waals surface area contributed by atoms with Crippen LogP contribution in [0.15, 0.2) is 24.3 Å². The van der Waals surface area contributed by atoms with Crippen molar-refractivity contribution in [2.24, 2.45) is 5.73 Å². The van der Waals surface area contributed by atoms with Gasteiger partial charge in [-0.05, 0) is 49.5 Å². The molecule has 1 aromatic carbocycles. The Balaban J connectivity index is 0.00000288. The molecule has 0 aliphatic carbocycles. The van der Waals surface area contributed by atoms with E-state index in [0.717, 1.165) is 30.0 Å². The van der Waals surface area contributed by atoms with Crippen LogP contribution in [0, 0.1) is 0 Å². The molecule has 134 valence electrons. The van der Waals surface area contributed by atoms with Gasteiger partial charge in [0.25, 0.3) is 0 Å². The summed E-state index contributed by atoms with van der Waals surface area (Å²) >= 11 is 1.68. The first-order valence-corrected chi connectivity index (χ1v) is 9.37. The number of nitrogens with two attached hydrogens (primary N) is 1. The van der Waals surface area contributed by atoms with E-state index >= 15 is 0 Å². The summed E-state index contributed by atoms with van der Waals surface area (Å²) in [7, 11) is 0. The van der Waals surface area contributed by atoms with Crippen LogP contribution in [0.3, 0.4) is 0 Å². The Morgan fingerprint density at radius 2 is 2.04 bits per heavy atom. The highest BCUT2D eigenvalue weighted by atomic mass is 35.5. The number of benzene rings is 1. The molecule has 24 heavy (non-hydrogen) atoms. The number of anilines is 1. The zero-order valence-corrected chi connectivity index (χ0v) is 15.8. The van der Waals surface area contributed by atoms with E-state index in [-0.39, 0.29) is 30.3 Å². The molecule has 0 radical (unpaired) electrons. The smallest absolute Gasteiger partial charge is 0.237 e. The van der Waals surface area contributed by atoms with Crippen molar-refractivity contribution in [3.8, 4) is 0 Å². The SMILES string of the molecule is CSCC[C@H](N)C(=O)NC(C)c1ccc(N2CCCC2=O)cc1.Cl. The Hall–Kier alpha value is -1.24. The van der Waals surface area contributed by atoms with Crippen LogP contribution in [0.1, 0.15) is 37.8 Å². The Morgan fingerprint density at radius 3 is 2.58 bits per heavy atom. The highest BCUT2D eigenvalue weighted by Crippen LogP contribution is 2.23. The lowest BCUT2D eigenvalue weighted by atomic mass is 10.1. The Kier molecular flexibility index (Phi) is 8.59. The van der Waals surface area contributed by atoms with Crippen molar-refractivity contribution in [3.63, 3.8) is 0 Å². The quantitative estimate of drug-likeness (QED) is 0.772. The summed E-state index contributed by atoms with van der Waals surface area (Å²) in [5, 5.41) is 2.95. The fraction of sp³-hybridized carbons (Fsp3) is 0.529. The minimum Gasteiger partial charge on any atom is -0.348 e. The number of thioether (sulfide) groups is 1. The molecule has 2 rings (SSSR count). The maximum atomic E-state index is 12.1. The summed E-state index contributed by atoms with van der Waals surface area (Å²) in [6.45, 7) is 2.73. The molecule has 0 bridgehead atoms. The van der Waals surface area contributed by atoms with E-state index in [0.29, 0.717) is 12.8 Å². The van der Waals surface area contributed by atoms with Crippen molar-refractivity contribution >= 4 is 41.7 Å². The fourth-order valence-corrected chi connectivity index (χ4v) is 3.13. The number of halogens is 1. The molecule has 0 spiro atoms. The number of carbonyl (C=O) groups excluding carboxylic acids is 2. The normalized spacial score (nSPS) is 16.5. The van der Waals surface area contributed by atoms with Gasteiger partial charge in [0.1, 0.15) is 0 Å². The van der Waals surface area contributed by atoms with E-state index in [1.165, 1.54) is 0 Å². The summed E-state index contributed by atoms with van der Waals surface area (Å²) in [5.41, 5.74) is 7.81. The lowest BCUT2D eigenvalue weighted by Gasteiger charge is -2.20. The molecule has 7 heteroatoms. The third-order valence-electron chi connectivity index (χ3n) is 4.11. The lowest BCUT2D eigenvalue weighted by Crippen LogP contribution is -2.41. The van der Waals surface area contributed by atoms with E-state index in [2.05, 4.69) is 5.32 Å². The number of carbonyl (C=O) groups is 2. The highest BCUT2D eigenvalue weighted by molar-refractivity contribution is 7.98. The summed E-state index contributed by atoms with van der Waals surface area (Å²) in [4.78, 5) is 25.6. The molecule has 1 saturated heterocycles. The summed E-state index contributed by atoms with van der Waals surface area (Å²) in [6.07, 6.45) is 4.22. The first-order chi connectivity index (χ1) is 11.0. The molecule has 0 saturated carbocycles. The van der Waals surface area contributed by atoms with Gasteiger partial charge in [-0.15, -0.1) is 12.4 Å². The largest absolute Gasteiger partial charge is 0.348 e. The van der Waals surface area contributed by atoms with E-state index in [4.69, 9.17) is 5.73 Å². The summed E-state index contributed by atoms with van der Waals surface area (Å²) < 4.78 is 0. The van der Waals surface area contributed by atoms with Crippen LogP contribution < -0.4 is 16.0 Å². The third kappa shape index (κ3) is 5.40. The van der Waals surface area contributed by atoms with Gasteiger partial charge in [-0.25, -0.2) is 0 Å². The molecule has 2 amide bonds. The molecule has 3 N–H and O–H groups in total. The average molecular weight is 372 g/mol. The minimum absolute atomic E-state index is 0. The number of nitrogens with zero attached hydrogens (tertiary/aromatic N) is 1. The van der Waals surface area contributed by atoms with E-state index in [1.807, 2.05) is 42.3 Å². The molecule has 2 atom stereocenters. The summed E-state index contributed by atoms with van der Waals surface area (Å²) in [5.74, 6) is 0.936. The zero-order valence-electron chi connectivity index (χ0n) is 14.2. The number of amides is 2. The van der Waals surface area contributed by atoms with Gasteiger partial charge in [0.15, 0.2) is 0 Å². The van der Waals surface area contributed by atoms with Gasteiger partial charge < -0.3 is 16.0 Å². The molecule has 1 aliphatic heterocycles. The van der Waals surface area contributed by atoms with E-state index in [1.54, 1.807) is 11.8 Å². The van der Waals surface area contributed by atoms with Gasteiger partial charge >= 0.3 is 0 Å². The number of nitrogens with one attached hydrogen (secondary N) is 1. The molecular weight excluding hydrogens is 346 g/mol. The predicted molar refractivity (Wildman–Crippen MR) is 103 cm³/mol. The molecule has 1 aliphatic rings. The van der Waals surface area contributed by atoms with Crippen molar-refractivity contribution in [2.45, 2.75) is 38.3 Å². The molecule has 1 aromatic rings. The highest BCUT2D eigenvalue weighted by Gasteiger charge is 2.22. The van der Waals surface area contributed by atoms with Crippen molar-refractivity contribution in [3.05, 3.63) is 29.8 Å². The van der Waals surface area contributed by atoms with Crippen LogP contribution in [-0.4, -0.2) is 36.4 Å². The first-order valence-electron chi connectivity index (χ1n) is 7.98. The monoisotopic (exact) mass is 371 g/mol. The van der Waals surface area contributed by atoms with Gasteiger partial charge in [0, 0.05) is 18.7 Å². The molecule has 1 fully saturated rings. The van der Waals surface area contributed by atoms with Gasteiger partial charge in [0.2, 0.25) is 11.8 Å². The van der Waals surface area contributed by atoms with E-state index < -0.39 is 6.04 Å². The fourth-order valence-electron chi connectivity index (χ4n) is 2.64. The number of hydrogen-bond acceptors (Lipinski definition) is 4. The van der Waals surface area contributed by atoms with Crippen LogP contribution in [0.5, 0.6) is 0 Å². The van der Waals surface area contributed by atoms with Gasteiger partial charge in [-0.3, -0.25) is 9.59 Å². The predicted octanol–water partition coefficient (Wildman–Crippen LogP) is 2.49. The van der Waals surface area contributed by atoms with Crippen LogP contribution in [0.2, 0.25) is 0 Å². The summed E-state index contributed by atoms with van der Waals surface area (Å²) in [6, 6.07) is 7.22. The molecular formula is C17H26ClN3O2S. The molecule has 1 unspecified atom stereocenters. The number of rotatable bonds is 7. The van der Waals surface area contributed by atoms with Crippen LogP contribution in [0.4, 0.5) is 5.69 Å². The van der Waals surface area contributed by atoms with Crippen LogP contribution in [0.25, 0.3) is 0 Å². The van der Waals surface area contributed by atoms with Crippen molar-refractivity contribution < 1.29 is 9.59 Å². The van der Waals surface area contributed by atoms with Crippen molar-refractivity contribution in [1.82, 2.24) is 5.32 Å². The van der Waals surface area contributed by atoms with Crippen LogP contribution in [-0.2, 0) is 9.59 Å².